The smallest absolute Gasteiger partial charge is 0.241 e. The SMILES string of the molecule is CC(=Cc1ccc(O)cc1)CNCCNS(=O)(=O)c1cccc2cnccc12. The Hall–Kier alpha value is -2.74. The molecule has 6 nitrogen and oxygen atoms in total. The van der Waals surface area contributed by atoms with Crippen LogP contribution in [-0.2, 0) is 10.0 Å². The lowest BCUT2D eigenvalue weighted by atomic mass is 10.1. The van der Waals surface area contributed by atoms with Crippen molar-refractivity contribution in [1.82, 2.24) is 15.0 Å². The molecule has 0 aliphatic carbocycles. The van der Waals surface area contributed by atoms with Crippen molar-refractivity contribution in [2.24, 2.45) is 0 Å². The second-order valence-corrected chi connectivity index (χ2v) is 8.25. The third-order valence-corrected chi connectivity index (χ3v) is 5.75. The lowest BCUT2D eigenvalue weighted by molar-refractivity contribution is 0.475. The summed E-state index contributed by atoms with van der Waals surface area (Å²) < 4.78 is 27.9. The van der Waals surface area contributed by atoms with Crippen LogP contribution in [0.3, 0.4) is 0 Å². The molecule has 0 spiro atoms. The number of phenols is 1. The fourth-order valence-corrected chi connectivity index (χ4v) is 4.13. The quantitative estimate of drug-likeness (QED) is 0.509. The summed E-state index contributed by atoms with van der Waals surface area (Å²) >= 11 is 0. The Labute approximate surface area is 165 Å². The Balaban J connectivity index is 1.52. The van der Waals surface area contributed by atoms with Gasteiger partial charge in [0, 0.05) is 42.8 Å². The predicted octanol–water partition coefficient (Wildman–Crippen LogP) is 2.91. The van der Waals surface area contributed by atoms with Gasteiger partial charge in [-0.2, -0.15) is 0 Å². The molecular weight excluding hydrogens is 374 g/mol. The summed E-state index contributed by atoms with van der Waals surface area (Å²) in [6.45, 7) is 3.43. The lowest BCUT2D eigenvalue weighted by Crippen LogP contribution is -2.32. The van der Waals surface area contributed by atoms with Gasteiger partial charge in [0.2, 0.25) is 10.0 Å². The molecule has 146 valence electrons. The van der Waals surface area contributed by atoms with Crippen LogP contribution < -0.4 is 10.0 Å². The first-order chi connectivity index (χ1) is 13.5. The van der Waals surface area contributed by atoms with E-state index in [0.29, 0.717) is 18.5 Å². The predicted molar refractivity (Wildman–Crippen MR) is 112 cm³/mol. The average molecular weight is 398 g/mol. The highest BCUT2D eigenvalue weighted by molar-refractivity contribution is 7.89. The molecule has 1 aromatic heterocycles. The number of pyridine rings is 1. The molecule has 3 aromatic rings. The highest BCUT2D eigenvalue weighted by atomic mass is 32.2. The van der Waals surface area contributed by atoms with Crippen molar-refractivity contribution in [1.29, 1.82) is 0 Å². The van der Waals surface area contributed by atoms with Gasteiger partial charge in [-0.05, 0) is 36.8 Å². The van der Waals surface area contributed by atoms with E-state index in [-0.39, 0.29) is 17.2 Å². The summed E-state index contributed by atoms with van der Waals surface area (Å²) in [5, 5.41) is 14.0. The van der Waals surface area contributed by atoms with Gasteiger partial charge in [0.15, 0.2) is 0 Å². The Bertz CT molecular complexity index is 1070. The van der Waals surface area contributed by atoms with Crippen molar-refractivity contribution in [2.75, 3.05) is 19.6 Å². The van der Waals surface area contributed by atoms with Gasteiger partial charge in [-0.1, -0.05) is 35.9 Å². The summed E-state index contributed by atoms with van der Waals surface area (Å²) in [5.74, 6) is 0.239. The molecule has 3 rings (SSSR count). The van der Waals surface area contributed by atoms with Crippen molar-refractivity contribution in [2.45, 2.75) is 11.8 Å². The van der Waals surface area contributed by atoms with Crippen LogP contribution in [-0.4, -0.2) is 38.1 Å². The van der Waals surface area contributed by atoms with Crippen LogP contribution in [0.1, 0.15) is 12.5 Å². The second kappa shape index (κ2) is 8.97. The number of fused-ring (bicyclic) bond motifs is 1. The zero-order chi connectivity index (χ0) is 20.0. The first-order valence-electron chi connectivity index (χ1n) is 8.95. The van der Waals surface area contributed by atoms with Crippen molar-refractivity contribution >= 4 is 26.9 Å². The minimum absolute atomic E-state index is 0.239. The largest absolute Gasteiger partial charge is 0.508 e. The van der Waals surface area contributed by atoms with Crippen molar-refractivity contribution in [3.05, 3.63) is 72.1 Å². The highest BCUT2D eigenvalue weighted by Crippen LogP contribution is 2.21. The highest BCUT2D eigenvalue weighted by Gasteiger charge is 2.16. The average Bonchev–Trinajstić information content (AvgIpc) is 2.69. The van der Waals surface area contributed by atoms with Gasteiger partial charge in [0.05, 0.1) is 4.90 Å². The molecule has 0 aliphatic heterocycles. The molecule has 0 amide bonds. The number of rotatable bonds is 8. The molecule has 28 heavy (non-hydrogen) atoms. The summed E-state index contributed by atoms with van der Waals surface area (Å²) in [4.78, 5) is 4.29. The molecule has 0 radical (unpaired) electrons. The number of aromatic hydroxyl groups is 1. The number of nitrogens with zero attached hydrogens (tertiary/aromatic N) is 1. The van der Waals surface area contributed by atoms with E-state index < -0.39 is 10.0 Å². The first-order valence-corrected chi connectivity index (χ1v) is 10.4. The lowest BCUT2D eigenvalue weighted by Gasteiger charge is -2.10. The number of hydrogen-bond donors (Lipinski definition) is 3. The summed E-state index contributed by atoms with van der Waals surface area (Å²) in [7, 11) is -3.60. The minimum atomic E-state index is -3.60. The Morgan fingerprint density at radius 2 is 1.89 bits per heavy atom. The van der Waals surface area contributed by atoms with Gasteiger partial charge in [0.25, 0.3) is 0 Å². The van der Waals surface area contributed by atoms with Gasteiger partial charge in [0.1, 0.15) is 5.75 Å². The molecule has 0 fully saturated rings. The van der Waals surface area contributed by atoms with E-state index in [0.717, 1.165) is 16.5 Å². The van der Waals surface area contributed by atoms with Crippen LogP contribution in [0.25, 0.3) is 16.8 Å². The maximum atomic E-state index is 12.6. The number of benzene rings is 2. The number of hydrogen-bond acceptors (Lipinski definition) is 5. The standard InChI is InChI=1S/C21H23N3O3S/c1-16(13-17-5-7-19(25)8-6-17)14-23-11-12-24-28(26,27)21-4-2-3-18-15-22-10-9-20(18)21/h2-10,13,15,23-25H,11-12,14H2,1H3. The zero-order valence-electron chi connectivity index (χ0n) is 15.6. The van der Waals surface area contributed by atoms with E-state index in [1.54, 1.807) is 42.7 Å². The third-order valence-electron chi connectivity index (χ3n) is 4.23. The molecule has 3 N–H and O–H groups in total. The van der Waals surface area contributed by atoms with Gasteiger partial charge in [-0.25, -0.2) is 13.1 Å². The van der Waals surface area contributed by atoms with E-state index in [1.807, 2.05) is 31.2 Å². The van der Waals surface area contributed by atoms with E-state index in [9.17, 15) is 13.5 Å². The maximum Gasteiger partial charge on any atom is 0.241 e. The summed E-state index contributed by atoms with van der Waals surface area (Å²) in [5.41, 5.74) is 2.11. The number of nitrogens with one attached hydrogen (secondary N) is 2. The van der Waals surface area contributed by atoms with Gasteiger partial charge < -0.3 is 10.4 Å². The summed E-state index contributed by atoms with van der Waals surface area (Å²) in [6, 6.07) is 13.8. The molecular formula is C21H23N3O3S. The molecule has 0 unspecified atom stereocenters. The number of phenolic OH excluding ortho intramolecular Hbond substituents is 1. The molecule has 0 bridgehead atoms. The third kappa shape index (κ3) is 5.16. The molecule has 1 heterocycles. The summed E-state index contributed by atoms with van der Waals surface area (Å²) in [6.07, 6.45) is 5.26. The Morgan fingerprint density at radius 1 is 1.11 bits per heavy atom. The maximum absolute atomic E-state index is 12.6. The molecule has 7 heteroatoms. The minimum Gasteiger partial charge on any atom is -0.508 e. The first kappa shape index (κ1) is 20.0. The number of aromatic nitrogens is 1. The van der Waals surface area contributed by atoms with Gasteiger partial charge in [-0.3, -0.25) is 4.98 Å². The van der Waals surface area contributed by atoms with Crippen LogP contribution in [0.5, 0.6) is 5.75 Å². The zero-order valence-corrected chi connectivity index (χ0v) is 16.4. The Kier molecular flexibility index (Phi) is 6.41. The van der Waals surface area contributed by atoms with Gasteiger partial charge in [-0.15, -0.1) is 0 Å². The molecule has 2 aromatic carbocycles. The van der Waals surface area contributed by atoms with E-state index in [4.69, 9.17) is 0 Å². The second-order valence-electron chi connectivity index (χ2n) is 6.51. The molecule has 0 saturated carbocycles. The van der Waals surface area contributed by atoms with Crippen LogP contribution in [0, 0.1) is 0 Å². The monoisotopic (exact) mass is 397 g/mol. The Morgan fingerprint density at radius 3 is 2.68 bits per heavy atom. The normalized spacial score (nSPS) is 12.4. The van der Waals surface area contributed by atoms with Crippen molar-refractivity contribution < 1.29 is 13.5 Å². The molecule has 0 aliphatic rings. The van der Waals surface area contributed by atoms with E-state index in [1.165, 1.54) is 0 Å². The van der Waals surface area contributed by atoms with Gasteiger partial charge >= 0.3 is 0 Å². The van der Waals surface area contributed by atoms with Crippen LogP contribution >= 0.6 is 0 Å². The van der Waals surface area contributed by atoms with E-state index in [2.05, 4.69) is 15.0 Å². The fraction of sp³-hybridized carbons (Fsp3) is 0.190. The van der Waals surface area contributed by atoms with Crippen molar-refractivity contribution in [3.63, 3.8) is 0 Å². The van der Waals surface area contributed by atoms with Crippen LogP contribution in [0.15, 0.2) is 71.4 Å². The van der Waals surface area contributed by atoms with Crippen molar-refractivity contribution in [3.8, 4) is 5.75 Å². The number of sulfonamides is 1. The topological polar surface area (TPSA) is 91.3 Å². The molecule has 0 saturated heterocycles. The van der Waals surface area contributed by atoms with E-state index >= 15 is 0 Å². The van der Waals surface area contributed by atoms with Crippen LogP contribution in [0.4, 0.5) is 0 Å². The van der Waals surface area contributed by atoms with Crippen LogP contribution in [0.2, 0.25) is 0 Å². The fourth-order valence-electron chi connectivity index (χ4n) is 2.87. The molecule has 0 atom stereocenters.